The van der Waals surface area contributed by atoms with E-state index in [9.17, 15) is 4.79 Å². The fourth-order valence-corrected chi connectivity index (χ4v) is 2.28. The summed E-state index contributed by atoms with van der Waals surface area (Å²) in [6.45, 7) is 3.53. The third-order valence-electron chi connectivity index (χ3n) is 3.40. The molecule has 124 valence electrons. The van der Waals surface area contributed by atoms with Crippen molar-refractivity contribution in [2.24, 2.45) is 0 Å². The zero-order chi connectivity index (χ0) is 16.7. The van der Waals surface area contributed by atoms with Gasteiger partial charge < -0.3 is 9.47 Å². The average molecular weight is 337 g/mol. The Morgan fingerprint density at radius 1 is 1.17 bits per heavy atom. The average Bonchev–Trinajstić information content (AvgIpc) is 2.57. The molecule has 0 bridgehead atoms. The zero-order valence-corrected chi connectivity index (χ0v) is 14.2. The molecule has 0 amide bonds. The Bertz CT molecular complexity index is 683. The first-order valence-electron chi connectivity index (χ1n) is 7.61. The number of aromatic nitrogens is 2. The van der Waals surface area contributed by atoms with Gasteiger partial charge in [-0.1, -0.05) is 49.2 Å². The van der Waals surface area contributed by atoms with Crippen LogP contribution in [0.5, 0.6) is 5.75 Å². The Hall–Kier alpha value is -1.85. The van der Waals surface area contributed by atoms with Crippen molar-refractivity contribution in [3.05, 3.63) is 57.0 Å². The molecule has 2 aromatic rings. The molecule has 1 aromatic carbocycles. The van der Waals surface area contributed by atoms with Gasteiger partial charge in [0.1, 0.15) is 6.61 Å². The molecule has 6 heteroatoms. The molecule has 0 aliphatic rings. The summed E-state index contributed by atoms with van der Waals surface area (Å²) in [7, 11) is 1.66. The van der Waals surface area contributed by atoms with Crippen molar-refractivity contribution in [1.29, 1.82) is 0 Å². The SMILES string of the molecule is CCCCn1ncc(OCc2ccc(COC)cc2)c(Cl)c1=O. The lowest BCUT2D eigenvalue weighted by atomic mass is 10.1. The Morgan fingerprint density at radius 3 is 2.43 bits per heavy atom. The number of methoxy groups -OCH3 is 1. The van der Waals surface area contributed by atoms with Crippen molar-refractivity contribution < 1.29 is 9.47 Å². The lowest BCUT2D eigenvalue weighted by molar-refractivity contribution is 0.185. The topological polar surface area (TPSA) is 53.4 Å². The molecule has 0 N–H and O–H groups in total. The van der Waals surface area contributed by atoms with E-state index < -0.39 is 0 Å². The number of rotatable bonds is 8. The highest BCUT2D eigenvalue weighted by Gasteiger charge is 2.10. The van der Waals surface area contributed by atoms with E-state index in [-0.39, 0.29) is 10.6 Å². The molecule has 0 saturated heterocycles. The van der Waals surface area contributed by atoms with Gasteiger partial charge in [-0.25, -0.2) is 4.68 Å². The van der Waals surface area contributed by atoms with E-state index >= 15 is 0 Å². The maximum absolute atomic E-state index is 12.1. The molecule has 1 heterocycles. The molecular weight excluding hydrogens is 316 g/mol. The van der Waals surface area contributed by atoms with Gasteiger partial charge in [-0.3, -0.25) is 4.79 Å². The summed E-state index contributed by atoms with van der Waals surface area (Å²) in [5, 5.41) is 4.18. The monoisotopic (exact) mass is 336 g/mol. The van der Waals surface area contributed by atoms with Crippen molar-refractivity contribution in [3.8, 4) is 5.75 Å². The van der Waals surface area contributed by atoms with Gasteiger partial charge in [0, 0.05) is 13.7 Å². The predicted octanol–water partition coefficient (Wildman–Crippen LogP) is 3.42. The molecule has 0 aliphatic heterocycles. The molecule has 5 nitrogen and oxygen atoms in total. The van der Waals surface area contributed by atoms with Crippen LogP contribution in [0, 0.1) is 0 Å². The van der Waals surface area contributed by atoms with Gasteiger partial charge in [-0.2, -0.15) is 5.10 Å². The first-order valence-corrected chi connectivity index (χ1v) is 7.98. The zero-order valence-electron chi connectivity index (χ0n) is 13.4. The van der Waals surface area contributed by atoms with Crippen LogP contribution < -0.4 is 10.3 Å². The normalized spacial score (nSPS) is 10.7. The summed E-state index contributed by atoms with van der Waals surface area (Å²) in [5.41, 5.74) is 1.76. The van der Waals surface area contributed by atoms with Crippen LogP contribution in [0.1, 0.15) is 30.9 Å². The predicted molar refractivity (Wildman–Crippen MR) is 89.9 cm³/mol. The van der Waals surface area contributed by atoms with Crippen LogP contribution in [0.2, 0.25) is 5.02 Å². The largest absolute Gasteiger partial charge is 0.485 e. The maximum atomic E-state index is 12.1. The molecule has 0 spiro atoms. The minimum atomic E-state index is -0.312. The Balaban J connectivity index is 2.02. The van der Waals surface area contributed by atoms with Gasteiger partial charge in [0.2, 0.25) is 0 Å². The molecule has 0 radical (unpaired) electrons. The second kappa shape index (κ2) is 8.70. The second-order valence-corrected chi connectivity index (χ2v) is 5.62. The van der Waals surface area contributed by atoms with E-state index in [2.05, 4.69) is 12.0 Å². The quantitative estimate of drug-likeness (QED) is 0.741. The summed E-state index contributed by atoms with van der Waals surface area (Å²) < 4.78 is 12.1. The Kier molecular flexibility index (Phi) is 6.62. The molecule has 0 aliphatic carbocycles. The van der Waals surface area contributed by atoms with E-state index in [0.29, 0.717) is 25.5 Å². The molecule has 2 rings (SSSR count). The first-order chi connectivity index (χ1) is 11.2. The summed E-state index contributed by atoms with van der Waals surface area (Å²) in [6.07, 6.45) is 3.37. The van der Waals surface area contributed by atoms with E-state index in [1.807, 2.05) is 24.3 Å². The first kappa shape index (κ1) is 17.5. The maximum Gasteiger partial charge on any atom is 0.289 e. The number of halogens is 1. The van der Waals surface area contributed by atoms with E-state index in [1.54, 1.807) is 7.11 Å². The third-order valence-corrected chi connectivity index (χ3v) is 3.75. The van der Waals surface area contributed by atoms with Crippen molar-refractivity contribution in [2.45, 2.75) is 39.5 Å². The highest BCUT2D eigenvalue weighted by molar-refractivity contribution is 6.31. The number of nitrogens with zero attached hydrogens (tertiary/aromatic N) is 2. The van der Waals surface area contributed by atoms with Crippen LogP contribution in [0.25, 0.3) is 0 Å². The van der Waals surface area contributed by atoms with Gasteiger partial charge in [-0.05, 0) is 17.5 Å². The third kappa shape index (κ3) is 4.81. The number of hydrogen-bond acceptors (Lipinski definition) is 4. The Labute approximate surface area is 140 Å². The van der Waals surface area contributed by atoms with Crippen LogP contribution in [0.3, 0.4) is 0 Å². The van der Waals surface area contributed by atoms with E-state index in [4.69, 9.17) is 21.1 Å². The highest BCUT2D eigenvalue weighted by Crippen LogP contribution is 2.20. The minimum absolute atomic E-state index is 0.0760. The molecule has 0 fully saturated rings. The van der Waals surface area contributed by atoms with Gasteiger partial charge >= 0.3 is 0 Å². The van der Waals surface area contributed by atoms with E-state index in [0.717, 1.165) is 24.0 Å². The van der Waals surface area contributed by atoms with Gasteiger partial charge in [0.25, 0.3) is 5.56 Å². The van der Waals surface area contributed by atoms with Crippen LogP contribution >= 0.6 is 11.6 Å². The second-order valence-electron chi connectivity index (χ2n) is 5.24. The fraction of sp³-hybridized carbons (Fsp3) is 0.412. The highest BCUT2D eigenvalue weighted by atomic mass is 35.5. The molecule has 0 unspecified atom stereocenters. The lowest BCUT2D eigenvalue weighted by Gasteiger charge is -2.10. The number of aryl methyl sites for hydroxylation is 1. The summed E-state index contributed by atoms with van der Waals surface area (Å²) in [6, 6.07) is 7.87. The smallest absolute Gasteiger partial charge is 0.289 e. The van der Waals surface area contributed by atoms with Crippen LogP contribution in [-0.2, 0) is 24.5 Å². The molecule has 1 aromatic heterocycles. The minimum Gasteiger partial charge on any atom is -0.485 e. The number of benzene rings is 1. The van der Waals surface area contributed by atoms with Crippen molar-refractivity contribution in [3.63, 3.8) is 0 Å². The van der Waals surface area contributed by atoms with Crippen molar-refractivity contribution >= 4 is 11.6 Å². The molecule has 0 atom stereocenters. The number of hydrogen-bond donors (Lipinski definition) is 0. The van der Waals surface area contributed by atoms with Gasteiger partial charge in [-0.15, -0.1) is 0 Å². The Morgan fingerprint density at radius 2 is 1.83 bits per heavy atom. The molecular formula is C17H21ClN2O3. The summed E-state index contributed by atoms with van der Waals surface area (Å²) >= 11 is 6.10. The van der Waals surface area contributed by atoms with Gasteiger partial charge in [0.05, 0.1) is 12.8 Å². The molecule has 23 heavy (non-hydrogen) atoms. The number of unbranched alkanes of at least 4 members (excludes halogenated alkanes) is 1. The summed E-state index contributed by atoms with van der Waals surface area (Å²) in [5.74, 6) is 0.311. The molecule has 0 saturated carbocycles. The summed E-state index contributed by atoms with van der Waals surface area (Å²) in [4.78, 5) is 12.1. The number of ether oxygens (including phenoxy) is 2. The standard InChI is InChI=1S/C17H21ClN2O3/c1-3-4-9-20-17(21)16(18)15(10-19-20)23-12-14-7-5-13(6-8-14)11-22-2/h5-8,10H,3-4,9,11-12H2,1-2H3. The van der Waals surface area contributed by atoms with Gasteiger partial charge in [0.15, 0.2) is 10.8 Å². The van der Waals surface area contributed by atoms with Crippen LogP contribution in [0.4, 0.5) is 0 Å². The van der Waals surface area contributed by atoms with Crippen LogP contribution in [0.15, 0.2) is 35.3 Å². The fourth-order valence-electron chi connectivity index (χ4n) is 2.08. The van der Waals surface area contributed by atoms with E-state index in [1.165, 1.54) is 10.9 Å². The lowest BCUT2D eigenvalue weighted by Crippen LogP contribution is -2.23. The van der Waals surface area contributed by atoms with Crippen LogP contribution in [-0.4, -0.2) is 16.9 Å². The van der Waals surface area contributed by atoms with Crippen molar-refractivity contribution in [1.82, 2.24) is 9.78 Å². The van der Waals surface area contributed by atoms with Crippen molar-refractivity contribution in [2.75, 3.05) is 7.11 Å².